The molecule has 1 saturated carbocycles. The highest BCUT2D eigenvalue weighted by Gasteiger charge is 2.30. The second-order valence-corrected chi connectivity index (χ2v) is 3.27. The third kappa shape index (κ3) is 1.95. The van der Waals surface area contributed by atoms with Crippen LogP contribution in [-0.4, -0.2) is 12.6 Å². The van der Waals surface area contributed by atoms with E-state index in [-0.39, 0.29) is 11.9 Å². The molecule has 0 aliphatic heterocycles. The van der Waals surface area contributed by atoms with Gasteiger partial charge in [0.1, 0.15) is 0 Å². The summed E-state index contributed by atoms with van der Waals surface area (Å²) in [5.41, 5.74) is 0. The minimum atomic E-state index is 0.0116. The molecule has 0 amide bonds. The maximum atomic E-state index is 11.2. The second-order valence-electron chi connectivity index (χ2n) is 3.27. The van der Waals surface area contributed by atoms with E-state index in [1.165, 1.54) is 12.8 Å². The molecule has 0 N–H and O–H groups in total. The van der Waals surface area contributed by atoms with Crippen LogP contribution in [0.15, 0.2) is 0 Å². The minimum Gasteiger partial charge on any atom is -0.466 e. The molecule has 1 aliphatic rings. The van der Waals surface area contributed by atoms with Crippen LogP contribution in [0.25, 0.3) is 0 Å². The van der Waals surface area contributed by atoms with Crippen LogP contribution in [0.5, 0.6) is 0 Å². The Morgan fingerprint density at radius 1 is 1.55 bits per heavy atom. The summed E-state index contributed by atoms with van der Waals surface area (Å²) in [7, 11) is 0. The monoisotopic (exact) mass is 156 g/mol. The SMILES string of the molecule is CCOC(=O)[C@@H]1CCC[C@@H]1C. The van der Waals surface area contributed by atoms with Crippen molar-refractivity contribution in [2.45, 2.75) is 33.1 Å². The van der Waals surface area contributed by atoms with Crippen molar-refractivity contribution < 1.29 is 9.53 Å². The van der Waals surface area contributed by atoms with Crippen molar-refractivity contribution in [2.75, 3.05) is 6.61 Å². The van der Waals surface area contributed by atoms with Crippen LogP contribution in [-0.2, 0) is 9.53 Å². The summed E-state index contributed by atoms with van der Waals surface area (Å²) in [6.45, 7) is 4.51. The number of carbonyl (C=O) groups is 1. The van der Waals surface area contributed by atoms with Crippen LogP contribution < -0.4 is 0 Å². The minimum absolute atomic E-state index is 0.0116. The first-order chi connectivity index (χ1) is 5.25. The molecule has 0 radical (unpaired) electrons. The van der Waals surface area contributed by atoms with Crippen LogP contribution in [0, 0.1) is 11.8 Å². The van der Waals surface area contributed by atoms with Crippen molar-refractivity contribution in [1.29, 1.82) is 0 Å². The smallest absolute Gasteiger partial charge is 0.309 e. The molecule has 64 valence electrons. The number of hydrogen-bond donors (Lipinski definition) is 0. The van der Waals surface area contributed by atoms with Gasteiger partial charge in [0.15, 0.2) is 0 Å². The number of ether oxygens (including phenoxy) is 1. The molecule has 0 spiro atoms. The van der Waals surface area contributed by atoms with Gasteiger partial charge in [-0.3, -0.25) is 4.79 Å². The molecule has 2 nitrogen and oxygen atoms in total. The Balaban J connectivity index is 2.39. The lowest BCUT2D eigenvalue weighted by Gasteiger charge is -2.12. The van der Waals surface area contributed by atoms with E-state index in [4.69, 9.17) is 4.74 Å². The van der Waals surface area contributed by atoms with Crippen molar-refractivity contribution in [1.82, 2.24) is 0 Å². The van der Waals surface area contributed by atoms with Gasteiger partial charge in [0.25, 0.3) is 0 Å². The third-order valence-electron chi connectivity index (χ3n) is 2.45. The fraction of sp³-hybridized carbons (Fsp3) is 0.889. The van der Waals surface area contributed by atoms with Crippen LogP contribution in [0.3, 0.4) is 0 Å². The van der Waals surface area contributed by atoms with Gasteiger partial charge in [-0.25, -0.2) is 0 Å². The van der Waals surface area contributed by atoms with Gasteiger partial charge in [-0.1, -0.05) is 13.3 Å². The lowest BCUT2D eigenvalue weighted by Crippen LogP contribution is -2.19. The Morgan fingerprint density at radius 3 is 2.73 bits per heavy atom. The molecular weight excluding hydrogens is 140 g/mol. The molecule has 0 unspecified atom stereocenters. The topological polar surface area (TPSA) is 26.3 Å². The van der Waals surface area contributed by atoms with Crippen molar-refractivity contribution in [3.05, 3.63) is 0 Å². The fourth-order valence-electron chi connectivity index (χ4n) is 1.74. The summed E-state index contributed by atoms with van der Waals surface area (Å²) >= 11 is 0. The van der Waals surface area contributed by atoms with Crippen molar-refractivity contribution in [3.8, 4) is 0 Å². The Morgan fingerprint density at radius 2 is 2.27 bits per heavy atom. The summed E-state index contributed by atoms with van der Waals surface area (Å²) in [4.78, 5) is 11.2. The third-order valence-corrected chi connectivity index (χ3v) is 2.45. The van der Waals surface area contributed by atoms with E-state index in [2.05, 4.69) is 6.92 Å². The first-order valence-electron chi connectivity index (χ1n) is 4.42. The lowest BCUT2D eigenvalue weighted by atomic mass is 9.99. The molecule has 1 fully saturated rings. The highest BCUT2D eigenvalue weighted by atomic mass is 16.5. The molecule has 0 heterocycles. The van der Waals surface area contributed by atoms with E-state index < -0.39 is 0 Å². The van der Waals surface area contributed by atoms with E-state index >= 15 is 0 Å². The van der Waals surface area contributed by atoms with Crippen LogP contribution in [0.2, 0.25) is 0 Å². The van der Waals surface area contributed by atoms with Gasteiger partial charge in [0.2, 0.25) is 0 Å². The van der Waals surface area contributed by atoms with E-state index in [9.17, 15) is 4.79 Å². The summed E-state index contributed by atoms with van der Waals surface area (Å²) in [5.74, 6) is 0.737. The first-order valence-corrected chi connectivity index (χ1v) is 4.42. The normalized spacial score (nSPS) is 30.4. The quantitative estimate of drug-likeness (QED) is 0.571. The number of hydrogen-bond acceptors (Lipinski definition) is 2. The fourth-order valence-corrected chi connectivity index (χ4v) is 1.74. The van der Waals surface area contributed by atoms with Crippen molar-refractivity contribution >= 4 is 5.97 Å². The molecule has 0 saturated heterocycles. The maximum Gasteiger partial charge on any atom is 0.309 e. The summed E-state index contributed by atoms with van der Waals surface area (Å²) in [5, 5.41) is 0. The van der Waals surface area contributed by atoms with Crippen LogP contribution in [0.1, 0.15) is 33.1 Å². The predicted octanol–water partition coefficient (Wildman–Crippen LogP) is 1.99. The van der Waals surface area contributed by atoms with E-state index in [1.54, 1.807) is 0 Å². The molecule has 2 atom stereocenters. The Labute approximate surface area is 67.9 Å². The van der Waals surface area contributed by atoms with E-state index in [0.717, 1.165) is 6.42 Å². The van der Waals surface area contributed by atoms with Gasteiger partial charge < -0.3 is 4.74 Å². The Bertz CT molecular complexity index is 142. The molecule has 1 aliphatic carbocycles. The van der Waals surface area contributed by atoms with Crippen LogP contribution in [0.4, 0.5) is 0 Å². The highest BCUT2D eigenvalue weighted by molar-refractivity contribution is 5.73. The van der Waals surface area contributed by atoms with Gasteiger partial charge in [-0.2, -0.15) is 0 Å². The summed E-state index contributed by atoms with van der Waals surface area (Å²) < 4.78 is 4.96. The Hall–Kier alpha value is -0.530. The number of rotatable bonds is 2. The number of esters is 1. The molecule has 0 aromatic carbocycles. The zero-order chi connectivity index (χ0) is 8.27. The summed E-state index contributed by atoms with van der Waals surface area (Å²) in [6.07, 6.45) is 3.40. The maximum absolute atomic E-state index is 11.2. The molecule has 0 bridgehead atoms. The zero-order valence-electron chi connectivity index (χ0n) is 7.30. The molecular formula is C9H16O2. The van der Waals surface area contributed by atoms with Gasteiger partial charge in [-0.05, 0) is 25.7 Å². The van der Waals surface area contributed by atoms with Crippen molar-refractivity contribution in [2.24, 2.45) is 11.8 Å². The van der Waals surface area contributed by atoms with Crippen LogP contribution >= 0.6 is 0 Å². The van der Waals surface area contributed by atoms with Gasteiger partial charge in [0.05, 0.1) is 12.5 Å². The highest BCUT2D eigenvalue weighted by Crippen LogP contribution is 2.31. The molecule has 0 aromatic heterocycles. The van der Waals surface area contributed by atoms with E-state index in [0.29, 0.717) is 12.5 Å². The lowest BCUT2D eigenvalue weighted by molar-refractivity contribution is -0.149. The average molecular weight is 156 g/mol. The second kappa shape index (κ2) is 3.74. The largest absolute Gasteiger partial charge is 0.466 e. The van der Waals surface area contributed by atoms with Crippen molar-refractivity contribution in [3.63, 3.8) is 0 Å². The van der Waals surface area contributed by atoms with E-state index in [1.807, 2.05) is 6.92 Å². The average Bonchev–Trinajstić information content (AvgIpc) is 2.36. The Kier molecular flexibility index (Phi) is 2.92. The molecule has 11 heavy (non-hydrogen) atoms. The predicted molar refractivity (Wildman–Crippen MR) is 43.1 cm³/mol. The van der Waals surface area contributed by atoms with Gasteiger partial charge in [0, 0.05) is 0 Å². The van der Waals surface area contributed by atoms with Gasteiger partial charge in [-0.15, -0.1) is 0 Å². The standard InChI is InChI=1S/C9H16O2/c1-3-11-9(10)8-6-4-5-7(8)2/h7-8H,3-6H2,1-2H3/t7-,8+/m0/s1. The summed E-state index contributed by atoms with van der Waals surface area (Å²) in [6, 6.07) is 0. The molecule has 0 aromatic rings. The zero-order valence-corrected chi connectivity index (χ0v) is 7.30. The molecule has 1 rings (SSSR count). The van der Waals surface area contributed by atoms with Gasteiger partial charge >= 0.3 is 5.97 Å². The first kappa shape index (κ1) is 8.57. The number of carbonyl (C=O) groups excluding carboxylic acids is 1. The molecule has 2 heteroatoms.